The summed E-state index contributed by atoms with van der Waals surface area (Å²) in [6.45, 7) is 1.83. The Hall–Kier alpha value is -3.37. The van der Waals surface area contributed by atoms with Crippen LogP contribution in [0.2, 0.25) is 0 Å². The normalized spacial score (nSPS) is 39.2. The summed E-state index contributed by atoms with van der Waals surface area (Å²) >= 11 is 0. The summed E-state index contributed by atoms with van der Waals surface area (Å²) in [6, 6.07) is -5.07. The third-order valence-electron chi connectivity index (χ3n) is 27.4. The van der Waals surface area contributed by atoms with Crippen LogP contribution < -0.4 is 16.0 Å². The second kappa shape index (κ2) is 62.7. The second-order valence-electron chi connectivity index (χ2n) is 38.4. The van der Waals surface area contributed by atoms with Gasteiger partial charge in [0.15, 0.2) is 50.3 Å². The van der Waals surface area contributed by atoms with E-state index in [9.17, 15) is 127 Å². The quantitative estimate of drug-likeness (QED) is 0.0223. The molecule has 0 radical (unpaired) electrons. The topological polar surface area (TPSA) is 680 Å². The zero-order chi connectivity index (χ0) is 101. The lowest BCUT2D eigenvalue weighted by molar-refractivity contribution is -0.400. The number of aliphatic hydroxyl groups is 22. The van der Waals surface area contributed by atoms with Crippen molar-refractivity contribution in [2.45, 2.75) is 518 Å². The summed E-state index contributed by atoms with van der Waals surface area (Å²) in [7, 11) is 0. The molecule has 0 saturated carbocycles. The van der Waals surface area contributed by atoms with Crippen molar-refractivity contribution in [3.63, 3.8) is 0 Å². The highest BCUT2D eigenvalue weighted by Crippen LogP contribution is 2.41. The molecule has 8 rings (SSSR count). The van der Waals surface area contributed by atoms with Crippen LogP contribution in [0.4, 0.5) is 0 Å². The van der Waals surface area contributed by atoms with Crippen molar-refractivity contribution in [1.29, 1.82) is 0 Å². The molecule has 0 bridgehead atoms. The summed E-state index contributed by atoms with van der Waals surface area (Å²) in [5, 5.41) is 257. The van der Waals surface area contributed by atoms with Gasteiger partial charge in [0.2, 0.25) is 17.7 Å². The van der Waals surface area contributed by atoms with E-state index in [1.165, 1.54) is 155 Å². The van der Waals surface area contributed by atoms with E-state index in [1.807, 2.05) is 6.08 Å². The molecule has 3 amide bonds. The lowest BCUT2D eigenvalue weighted by Gasteiger charge is -2.52. The third-order valence-corrected chi connectivity index (χ3v) is 27.4. The van der Waals surface area contributed by atoms with Crippen molar-refractivity contribution in [1.82, 2.24) is 16.0 Å². The van der Waals surface area contributed by atoms with E-state index in [-0.39, 0.29) is 12.3 Å². The van der Waals surface area contributed by atoms with Gasteiger partial charge in [-0.15, -0.1) is 0 Å². The first-order chi connectivity index (χ1) is 66.2. The lowest BCUT2D eigenvalue weighted by Crippen LogP contribution is -2.72. The highest BCUT2D eigenvalue weighted by atomic mass is 16.8. The maximum Gasteiger partial charge on any atom is 0.220 e. The van der Waals surface area contributed by atoms with Gasteiger partial charge < -0.3 is 204 Å². The number of hydrogen-bond donors (Lipinski definition) is 25. The molecule has 0 aromatic heterocycles. The predicted molar refractivity (Wildman–Crippen MR) is 484 cm³/mol. The fourth-order valence-corrected chi connectivity index (χ4v) is 19.0. The smallest absolute Gasteiger partial charge is 0.220 e. The van der Waals surface area contributed by atoms with Crippen molar-refractivity contribution >= 4 is 17.7 Å². The molecule has 0 spiro atoms. The van der Waals surface area contributed by atoms with Crippen LogP contribution in [0.25, 0.3) is 0 Å². The number of amides is 3. The Morgan fingerprint density at radius 3 is 0.942 bits per heavy atom. The molecule has 0 aromatic carbocycles. The molecular weight excluding hydrogens is 1830 g/mol. The minimum Gasteiger partial charge on any atom is -0.394 e. The average Bonchev–Trinajstić information content (AvgIpc) is 0.781. The van der Waals surface area contributed by atoms with E-state index in [0.29, 0.717) is 12.8 Å². The van der Waals surface area contributed by atoms with E-state index < -0.39 is 316 Å². The Morgan fingerprint density at radius 1 is 0.297 bits per heavy atom. The number of hydrogen-bond acceptors (Lipinski definition) is 41. The predicted octanol–water partition coefficient (Wildman–Crippen LogP) is -2.38. The van der Waals surface area contributed by atoms with E-state index in [1.54, 1.807) is 6.08 Å². The number of unbranched alkanes of at least 4 members (excludes halogenated alkanes) is 31. The first-order valence-electron chi connectivity index (χ1n) is 50.7. The molecule has 8 aliphatic heterocycles. The molecule has 0 aliphatic carbocycles. The van der Waals surface area contributed by atoms with Crippen LogP contribution in [-0.4, -0.2) is 434 Å². The molecule has 44 heteroatoms. The van der Waals surface area contributed by atoms with Crippen molar-refractivity contribution in [3.05, 3.63) is 12.2 Å². The SMILES string of the molecule is CCCCCCCCCCCCC/C=C/[C@@H](O)[C@H](CO[C@@H]1OC(CO)[C@@H](O[C@@H]2OC(CO)[C@H](O)[C@H](O[C@@H]3OC(CO)[C@@H](O[C@@H]4OC(CO)[C@H](O)[C@H](O[C@@H]5OC(CO)[C@@H](O[C@@H]6OC(CO)[C@H](O)[C@H](O)C6O)[C@H](O[C@H]6OC(C)[C@@H](O)C(O)[C@@H]6O)C5NC(C)=O)C4O)[C@H](O[C@H]4OC(C)[C@@H](O)C(O)[C@@H]4O)C3NC(C)=O)C2O)[C@H](O)C1O)NC(=O)CCCCCCCCCCCCCCCCCCCCCCC. The van der Waals surface area contributed by atoms with E-state index in [4.69, 9.17) is 75.8 Å². The van der Waals surface area contributed by atoms with Gasteiger partial charge in [0.1, 0.15) is 183 Å². The molecule has 806 valence electrons. The number of allylic oxidation sites excluding steroid dienone is 1. The Balaban J connectivity index is 0.970. The summed E-state index contributed by atoms with van der Waals surface area (Å²) in [6.07, 6.45) is -35.4. The lowest BCUT2D eigenvalue weighted by atomic mass is 9.93. The Bertz CT molecular complexity index is 3340. The fourth-order valence-electron chi connectivity index (χ4n) is 19.0. The van der Waals surface area contributed by atoms with Gasteiger partial charge in [-0.1, -0.05) is 219 Å². The minimum atomic E-state index is -2.45. The number of carbonyl (C=O) groups excluding carboxylic acids is 3. The van der Waals surface area contributed by atoms with Gasteiger partial charge in [-0.25, -0.2) is 0 Å². The molecule has 42 atom stereocenters. The van der Waals surface area contributed by atoms with Gasteiger partial charge in [-0.2, -0.15) is 0 Å². The van der Waals surface area contributed by atoms with Gasteiger partial charge >= 0.3 is 0 Å². The van der Waals surface area contributed by atoms with E-state index >= 15 is 0 Å². The summed E-state index contributed by atoms with van der Waals surface area (Å²) in [4.78, 5) is 40.9. The first kappa shape index (κ1) is 120. The molecule has 138 heavy (non-hydrogen) atoms. The zero-order valence-electron chi connectivity index (χ0n) is 81.0. The molecule has 25 N–H and O–H groups in total. The van der Waals surface area contributed by atoms with Crippen molar-refractivity contribution in [3.8, 4) is 0 Å². The number of ether oxygens (including phenoxy) is 16. The van der Waals surface area contributed by atoms with Crippen LogP contribution in [0, 0.1) is 0 Å². The van der Waals surface area contributed by atoms with Gasteiger partial charge in [0.05, 0.1) is 70.6 Å². The van der Waals surface area contributed by atoms with Crippen LogP contribution in [0.5, 0.6) is 0 Å². The van der Waals surface area contributed by atoms with E-state index in [0.717, 1.165) is 71.6 Å². The Labute approximate surface area is 808 Å². The molecule has 8 aliphatic rings. The molecule has 8 heterocycles. The minimum absolute atomic E-state index is 0.142. The number of nitrogens with one attached hydrogen (secondary N) is 3. The van der Waals surface area contributed by atoms with E-state index in [2.05, 4.69) is 29.8 Å². The standard InChI is InChI=1S/C94H169N3O41/c1-7-9-11-13-15-17-19-21-22-23-24-25-26-27-28-30-32-34-36-38-40-42-62(107)97-54(55(106)41-39-37-35-33-31-29-20-18-16-14-12-10-8-2)49-123-89-77(120)73(116)80(59(46-101)131-89)132-93-78(121)85(68(111)57(44-99)127-93)137-88-64(96-53(6)105)84(136-91-75(118)71(114)66(109)51(4)125-91)82(61(48-103)130-88)134-94-79(122)86(69(112)58(45-100)128-94)138-87-63(95-52(5)104)83(135-90-74(117)70(113)65(108)50(3)124-90)81(60(47-102)129-87)133-92-76(119)72(115)67(110)56(43-98)126-92/h39,41,50-51,54-61,63-94,98-103,106,108-122H,7-38,40,42-49H2,1-6H3,(H,95,104)(H,96,105)(H,97,107)/b41-39+/t50?,51?,54-,55+,56?,57?,58?,59?,60?,61?,63?,64?,65+,66+,67-,68-,69-,70?,71?,72-,73+,74-,75-,76?,77?,78?,79?,80+,81+,82+,83+,84+,85-,86-,87-,88-,89+,90+,91+,92-,93-,94-/m0/s1. The molecule has 8 saturated heterocycles. The number of aliphatic hydroxyl groups excluding tert-OH is 22. The molecule has 44 nitrogen and oxygen atoms in total. The monoisotopic (exact) mass is 2000 g/mol. The summed E-state index contributed by atoms with van der Waals surface area (Å²) < 4.78 is 97.8. The van der Waals surface area contributed by atoms with Crippen molar-refractivity contribution in [2.24, 2.45) is 0 Å². The van der Waals surface area contributed by atoms with Crippen LogP contribution in [0.15, 0.2) is 12.2 Å². The highest BCUT2D eigenvalue weighted by molar-refractivity contribution is 5.76. The second-order valence-corrected chi connectivity index (χ2v) is 38.4. The zero-order valence-corrected chi connectivity index (χ0v) is 81.0. The average molecular weight is 2000 g/mol. The molecule has 16 unspecified atom stereocenters. The maximum atomic E-state index is 13.7. The number of rotatable bonds is 62. The first-order valence-corrected chi connectivity index (χ1v) is 50.7. The van der Waals surface area contributed by atoms with Gasteiger partial charge in [0, 0.05) is 20.3 Å². The maximum absolute atomic E-state index is 13.7. The van der Waals surface area contributed by atoms with Crippen molar-refractivity contribution < 1.29 is 203 Å². The van der Waals surface area contributed by atoms with Crippen LogP contribution in [-0.2, 0) is 90.2 Å². The van der Waals surface area contributed by atoms with Crippen molar-refractivity contribution in [2.75, 3.05) is 46.2 Å². The number of carbonyl (C=O) groups is 3. The summed E-state index contributed by atoms with van der Waals surface area (Å²) in [5.74, 6) is -2.29. The van der Waals surface area contributed by atoms with Gasteiger partial charge in [-0.05, 0) is 33.1 Å². The molecule has 0 aromatic rings. The summed E-state index contributed by atoms with van der Waals surface area (Å²) in [5.41, 5.74) is 0. The molecular formula is C94H169N3O41. The van der Waals surface area contributed by atoms with Crippen LogP contribution in [0.1, 0.15) is 260 Å². The van der Waals surface area contributed by atoms with Crippen LogP contribution >= 0.6 is 0 Å². The Kier molecular flexibility index (Phi) is 54.5. The largest absolute Gasteiger partial charge is 0.394 e. The third kappa shape index (κ3) is 35.2. The van der Waals surface area contributed by atoms with Gasteiger partial charge in [-0.3, -0.25) is 14.4 Å². The van der Waals surface area contributed by atoms with Crippen LogP contribution in [0.3, 0.4) is 0 Å². The highest BCUT2D eigenvalue weighted by Gasteiger charge is 2.62. The molecule has 8 fully saturated rings. The Morgan fingerprint density at radius 2 is 0.580 bits per heavy atom. The fraction of sp³-hybridized carbons (Fsp3) is 0.947. The van der Waals surface area contributed by atoms with Gasteiger partial charge in [0.25, 0.3) is 0 Å².